The van der Waals surface area contributed by atoms with Crippen LogP contribution < -0.4 is 20.4 Å². The molecule has 2 fully saturated rings. The summed E-state index contributed by atoms with van der Waals surface area (Å²) in [4.78, 5) is 26.0. The van der Waals surface area contributed by atoms with Crippen molar-refractivity contribution in [2.24, 2.45) is 0 Å². The number of hydrogen-bond acceptors (Lipinski definition) is 5. The number of fused-ring (bicyclic) bond motifs is 1. The van der Waals surface area contributed by atoms with Crippen LogP contribution in [0.1, 0.15) is 43.2 Å². The quantitative estimate of drug-likeness (QED) is 0.767. The number of carbonyl (C=O) groups is 1. The third-order valence-electron chi connectivity index (χ3n) is 5.43. The van der Waals surface area contributed by atoms with Crippen molar-refractivity contribution in [3.63, 3.8) is 0 Å². The minimum absolute atomic E-state index is 0.0424. The Morgan fingerprint density at radius 3 is 2.40 bits per heavy atom. The van der Waals surface area contributed by atoms with E-state index in [-0.39, 0.29) is 40.4 Å². The van der Waals surface area contributed by atoms with Crippen molar-refractivity contribution in [1.29, 1.82) is 0 Å². The molecule has 0 spiro atoms. The van der Waals surface area contributed by atoms with Gasteiger partial charge in [-0.2, -0.15) is 8.78 Å². The molecule has 1 saturated carbocycles. The van der Waals surface area contributed by atoms with Crippen LogP contribution in [-0.2, 0) is 0 Å². The minimum atomic E-state index is -3.28. The predicted octanol–water partition coefficient (Wildman–Crippen LogP) is 2.96. The normalized spacial score (nSPS) is 22.0. The summed E-state index contributed by atoms with van der Waals surface area (Å²) in [6.07, 6.45) is 1.25. The molecule has 1 aromatic carbocycles. The zero-order valence-electron chi connectivity index (χ0n) is 16.5. The summed E-state index contributed by atoms with van der Waals surface area (Å²) in [6.45, 7) is 1.16. The van der Waals surface area contributed by atoms with Gasteiger partial charge in [0, 0.05) is 37.3 Å². The number of carboxylic acids is 1. The van der Waals surface area contributed by atoms with Gasteiger partial charge in [-0.05, 0) is 32.8 Å². The summed E-state index contributed by atoms with van der Waals surface area (Å²) in [5.41, 5.74) is -1.36. The fourth-order valence-corrected chi connectivity index (χ4v) is 4.31. The summed E-state index contributed by atoms with van der Waals surface area (Å²) >= 11 is 0. The van der Waals surface area contributed by atoms with E-state index in [1.54, 1.807) is 4.90 Å². The monoisotopic (exact) mass is 425 g/mol. The summed E-state index contributed by atoms with van der Waals surface area (Å²) in [5.74, 6) is -2.71. The van der Waals surface area contributed by atoms with E-state index < -0.39 is 29.6 Å². The van der Waals surface area contributed by atoms with Crippen molar-refractivity contribution in [2.45, 2.75) is 51.4 Å². The summed E-state index contributed by atoms with van der Waals surface area (Å²) in [6, 6.07) is 1.54. The third-order valence-corrected chi connectivity index (χ3v) is 5.43. The van der Waals surface area contributed by atoms with Gasteiger partial charge in [0.15, 0.2) is 17.0 Å². The highest BCUT2D eigenvalue weighted by Crippen LogP contribution is 2.45. The van der Waals surface area contributed by atoms with Crippen LogP contribution in [0.5, 0.6) is 5.75 Å². The topological polar surface area (TPSA) is 83.8 Å². The lowest BCUT2D eigenvalue weighted by Crippen LogP contribution is -2.54. The van der Waals surface area contributed by atoms with E-state index in [9.17, 15) is 23.5 Å². The van der Waals surface area contributed by atoms with E-state index in [2.05, 4.69) is 5.32 Å². The van der Waals surface area contributed by atoms with E-state index >= 15 is 4.39 Å². The maximum absolute atomic E-state index is 15.2. The average Bonchev–Trinajstić information content (AvgIpc) is 3.45. The molecule has 2 aromatic rings. The maximum atomic E-state index is 15.2. The van der Waals surface area contributed by atoms with Crippen molar-refractivity contribution in [1.82, 2.24) is 9.88 Å². The summed E-state index contributed by atoms with van der Waals surface area (Å²) < 4.78 is 48.1. The first kappa shape index (κ1) is 20.5. The molecule has 162 valence electrons. The van der Waals surface area contributed by atoms with Gasteiger partial charge in [-0.3, -0.25) is 4.79 Å². The molecular weight excluding hydrogens is 403 g/mol. The highest BCUT2D eigenvalue weighted by atomic mass is 19.3. The molecule has 1 aliphatic carbocycles. The molecule has 30 heavy (non-hydrogen) atoms. The van der Waals surface area contributed by atoms with Crippen molar-refractivity contribution in [3.05, 3.63) is 33.9 Å². The Balaban J connectivity index is 2.07. The largest absolute Gasteiger partial charge is 0.477 e. The second-order valence-corrected chi connectivity index (χ2v) is 7.98. The second-order valence-electron chi connectivity index (χ2n) is 7.98. The van der Waals surface area contributed by atoms with Gasteiger partial charge < -0.3 is 24.6 Å². The van der Waals surface area contributed by atoms with Crippen LogP contribution in [0.2, 0.25) is 0 Å². The number of ether oxygens (including phenoxy) is 1. The smallest absolute Gasteiger partial charge is 0.387 e. The Morgan fingerprint density at radius 1 is 1.23 bits per heavy atom. The van der Waals surface area contributed by atoms with Crippen LogP contribution in [-0.4, -0.2) is 47.4 Å². The number of hydrogen-bond donors (Lipinski definition) is 2. The average molecular weight is 425 g/mol. The van der Waals surface area contributed by atoms with Crippen LogP contribution in [0.3, 0.4) is 0 Å². The van der Waals surface area contributed by atoms with Crippen molar-refractivity contribution in [2.75, 3.05) is 18.0 Å². The molecule has 4 rings (SSSR count). The highest BCUT2D eigenvalue weighted by molar-refractivity contribution is 5.96. The molecule has 0 unspecified atom stereocenters. The SMILES string of the molecule is C[C@@H]1CN(c2c(F)cc3c(=O)cc(C(=O)O)n(C4CC4)c3c2OC(F)F)C[C@H](C)N1. The number of piperazine rings is 1. The third kappa shape index (κ3) is 3.60. The molecule has 1 aliphatic heterocycles. The maximum Gasteiger partial charge on any atom is 0.387 e. The van der Waals surface area contributed by atoms with E-state index in [0.717, 1.165) is 12.1 Å². The van der Waals surface area contributed by atoms with Crippen molar-refractivity contribution < 1.29 is 27.8 Å². The van der Waals surface area contributed by atoms with Gasteiger partial charge in [0.2, 0.25) is 0 Å². The number of carboxylic acid groups (broad SMARTS) is 1. The fraction of sp³-hybridized carbons (Fsp3) is 0.500. The van der Waals surface area contributed by atoms with Crippen LogP contribution in [0, 0.1) is 5.82 Å². The molecule has 2 N–H and O–H groups in total. The van der Waals surface area contributed by atoms with Gasteiger partial charge in [-0.1, -0.05) is 0 Å². The molecule has 2 aliphatic rings. The number of nitrogens with one attached hydrogen (secondary N) is 1. The van der Waals surface area contributed by atoms with Crippen molar-refractivity contribution >= 4 is 22.6 Å². The van der Waals surface area contributed by atoms with Gasteiger partial charge in [-0.25, -0.2) is 9.18 Å². The molecule has 1 aromatic heterocycles. The van der Waals surface area contributed by atoms with Gasteiger partial charge in [-0.15, -0.1) is 0 Å². The Labute approximate surface area is 170 Å². The van der Waals surface area contributed by atoms with Gasteiger partial charge >= 0.3 is 12.6 Å². The number of pyridine rings is 1. The van der Waals surface area contributed by atoms with E-state index in [1.165, 1.54) is 4.57 Å². The van der Waals surface area contributed by atoms with Gasteiger partial charge in [0.25, 0.3) is 0 Å². The number of rotatable bonds is 5. The standard InChI is InChI=1S/C20H22F3N3O4/c1-9-7-25(8-10(2)24-9)17-13(21)5-12-15(27)6-14(19(28)29)26(11-3-4-11)16(12)18(17)30-20(22)23/h5-6,9-11,20,24H,3-4,7-8H2,1-2H3,(H,28,29)/t9-,10+. The molecule has 7 nitrogen and oxygen atoms in total. The number of aromatic carboxylic acids is 1. The lowest BCUT2D eigenvalue weighted by atomic mass is 10.1. The van der Waals surface area contributed by atoms with E-state index in [1.807, 2.05) is 13.8 Å². The number of nitrogens with zero attached hydrogens (tertiary/aromatic N) is 2. The van der Waals surface area contributed by atoms with Gasteiger partial charge in [0.1, 0.15) is 11.4 Å². The van der Waals surface area contributed by atoms with E-state index in [0.29, 0.717) is 25.9 Å². The Bertz CT molecular complexity index is 1060. The summed E-state index contributed by atoms with van der Waals surface area (Å²) in [7, 11) is 0. The minimum Gasteiger partial charge on any atom is -0.477 e. The van der Waals surface area contributed by atoms with Gasteiger partial charge in [0.05, 0.1) is 10.9 Å². The molecule has 10 heteroatoms. The zero-order chi connectivity index (χ0) is 21.7. The summed E-state index contributed by atoms with van der Waals surface area (Å²) in [5, 5.41) is 12.7. The second kappa shape index (κ2) is 7.50. The number of anilines is 1. The molecule has 1 saturated heterocycles. The lowest BCUT2D eigenvalue weighted by Gasteiger charge is -2.38. The Hall–Kier alpha value is -2.75. The van der Waals surface area contributed by atoms with Crippen LogP contribution >= 0.6 is 0 Å². The molecular formula is C20H22F3N3O4. The van der Waals surface area contributed by atoms with Crippen LogP contribution in [0.25, 0.3) is 10.9 Å². The fourth-order valence-electron chi connectivity index (χ4n) is 4.31. The number of benzene rings is 1. The molecule has 0 bridgehead atoms. The first-order chi connectivity index (χ1) is 14.2. The van der Waals surface area contributed by atoms with Crippen LogP contribution in [0.15, 0.2) is 16.9 Å². The zero-order valence-corrected chi connectivity index (χ0v) is 16.5. The van der Waals surface area contributed by atoms with E-state index in [4.69, 9.17) is 4.74 Å². The Kier molecular flexibility index (Phi) is 5.13. The van der Waals surface area contributed by atoms with Crippen molar-refractivity contribution in [3.8, 4) is 5.75 Å². The number of alkyl halides is 2. The predicted molar refractivity (Wildman–Crippen MR) is 104 cm³/mol. The lowest BCUT2D eigenvalue weighted by molar-refractivity contribution is -0.0488. The molecule has 2 heterocycles. The first-order valence-electron chi connectivity index (χ1n) is 9.78. The number of aromatic nitrogens is 1. The molecule has 2 atom stereocenters. The Morgan fingerprint density at radius 2 is 1.87 bits per heavy atom. The molecule has 0 amide bonds. The molecule has 0 radical (unpaired) electrons. The highest BCUT2D eigenvalue weighted by Gasteiger charge is 2.35. The van der Waals surface area contributed by atoms with Crippen LogP contribution in [0.4, 0.5) is 18.9 Å². The number of halogens is 3. The first-order valence-corrected chi connectivity index (χ1v) is 9.78.